The number of fused-ring (bicyclic) bond motifs is 3. The third-order valence-corrected chi connectivity index (χ3v) is 11.6. The monoisotopic (exact) mass is 696 g/mol. The van der Waals surface area contributed by atoms with Crippen LogP contribution in [0.5, 0.6) is 0 Å². The summed E-state index contributed by atoms with van der Waals surface area (Å²) in [6.45, 7) is 4.50. The van der Waals surface area contributed by atoms with E-state index in [4.69, 9.17) is 30.8 Å². The first kappa shape index (κ1) is 37.9. The number of hydrogen-bond donors (Lipinski definition) is 6. The number of halogens is 1. The Labute approximate surface area is 291 Å². The normalized spacial score (nSPS) is 35.6. The fourth-order valence-electron chi connectivity index (χ4n) is 8.63. The second-order valence-corrected chi connectivity index (χ2v) is 15.0. The summed E-state index contributed by atoms with van der Waals surface area (Å²) in [6.07, 6.45) is 10.6. The SMILES string of the molecule is COC1CCC2C(C1)C(C1CCC(Cl)CC1)=N[C@@H](CC(=O)NCCOCCOCCNC(=O)C1CCCC(B(O)O)C1)C1NNC(C)N21. The van der Waals surface area contributed by atoms with Crippen LogP contribution in [0.2, 0.25) is 5.82 Å². The van der Waals surface area contributed by atoms with Gasteiger partial charge in [-0.05, 0) is 76.4 Å². The molecule has 1 saturated heterocycles. The Morgan fingerprint density at radius 1 is 0.958 bits per heavy atom. The largest absolute Gasteiger partial charge is 0.454 e. The number of nitrogens with one attached hydrogen (secondary N) is 4. The summed E-state index contributed by atoms with van der Waals surface area (Å²) in [6, 6.07) is 0.131. The summed E-state index contributed by atoms with van der Waals surface area (Å²) in [5, 5.41) is 25.0. The molecule has 4 fully saturated rings. The van der Waals surface area contributed by atoms with Crippen molar-refractivity contribution in [3.05, 3.63) is 0 Å². The van der Waals surface area contributed by atoms with Crippen molar-refractivity contribution in [3.63, 3.8) is 0 Å². The second-order valence-electron chi connectivity index (χ2n) is 14.4. The summed E-state index contributed by atoms with van der Waals surface area (Å²) in [7, 11) is 0.452. The third kappa shape index (κ3) is 10.1. The van der Waals surface area contributed by atoms with Crippen molar-refractivity contribution in [2.45, 2.75) is 126 Å². The van der Waals surface area contributed by atoms with E-state index in [0.29, 0.717) is 70.2 Å². The fraction of sp³-hybridized carbons (Fsp3) is 0.909. The first-order valence-electron chi connectivity index (χ1n) is 18.3. The topological polar surface area (TPSA) is 166 Å². The molecule has 15 heteroatoms. The number of ether oxygens (including phenoxy) is 3. The summed E-state index contributed by atoms with van der Waals surface area (Å²) in [5.41, 5.74) is 8.18. The predicted octanol–water partition coefficient (Wildman–Crippen LogP) is 1.56. The lowest BCUT2D eigenvalue weighted by Crippen LogP contribution is -2.55. The number of carbonyl (C=O) groups is 2. The Kier molecular flexibility index (Phi) is 14.8. The van der Waals surface area contributed by atoms with Crippen LogP contribution in [0.3, 0.4) is 0 Å². The lowest BCUT2D eigenvalue weighted by atomic mass is 9.62. The molecular formula is C33H58BClN6O7. The Morgan fingerprint density at radius 2 is 1.69 bits per heavy atom. The van der Waals surface area contributed by atoms with Crippen molar-refractivity contribution in [1.82, 2.24) is 26.4 Å². The third-order valence-electron chi connectivity index (χ3n) is 11.2. The highest BCUT2D eigenvalue weighted by Gasteiger charge is 2.50. The van der Waals surface area contributed by atoms with Gasteiger partial charge in [0.2, 0.25) is 11.8 Å². The lowest BCUT2D eigenvalue weighted by molar-refractivity contribution is -0.126. The van der Waals surface area contributed by atoms with Gasteiger partial charge in [-0.25, -0.2) is 10.9 Å². The van der Waals surface area contributed by atoms with E-state index in [1.54, 1.807) is 0 Å². The van der Waals surface area contributed by atoms with Crippen molar-refractivity contribution in [3.8, 4) is 0 Å². The minimum atomic E-state index is -1.36. The highest BCUT2D eigenvalue weighted by atomic mass is 35.5. The number of hydrazine groups is 1. The number of alkyl halides is 1. The number of nitrogens with zero attached hydrogens (tertiary/aromatic N) is 2. The van der Waals surface area contributed by atoms with Crippen LogP contribution in [0.4, 0.5) is 0 Å². The van der Waals surface area contributed by atoms with E-state index in [1.165, 1.54) is 5.71 Å². The van der Waals surface area contributed by atoms with Crippen LogP contribution in [0.15, 0.2) is 4.99 Å². The van der Waals surface area contributed by atoms with E-state index in [-0.39, 0.29) is 53.4 Å². The molecular weight excluding hydrogens is 639 g/mol. The van der Waals surface area contributed by atoms with Gasteiger partial charge in [0.1, 0.15) is 0 Å². The predicted molar refractivity (Wildman–Crippen MR) is 184 cm³/mol. The summed E-state index contributed by atoms with van der Waals surface area (Å²) >= 11 is 6.50. The highest BCUT2D eigenvalue weighted by molar-refractivity contribution is 6.43. The summed E-state index contributed by atoms with van der Waals surface area (Å²) < 4.78 is 17.1. The number of hydrogen-bond acceptors (Lipinski definition) is 11. The number of rotatable bonds is 15. The van der Waals surface area contributed by atoms with Gasteiger partial charge >= 0.3 is 7.12 Å². The van der Waals surface area contributed by atoms with Gasteiger partial charge in [-0.3, -0.25) is 19.5 Å². The minimum absolute atomic E-state index is 0.0399. The molecule has 0 bridgehead atoms. The molecule has 13 nitrogen and oxygen atoms in total. The van der Waals surface area contributed by atoms with Gasteiger partial charge in [-0.15, -0.1) is 11.6 Å². The van der Waals surface area contributed by atoms with E-state index in [1.807, 2.05) is 7.11 Å². The zero-order valence-corrected chi connectivity index (χ0v) is 29.5. The van der Waals surface area contributed by atoms with Gasteiger partial charge in [0.05, 0.1) is 57.3 Å². The van der Waals surface area contributed by atoms with E-state index >= 15 is 0 Å². The maximum atomic E-state index is 13.2. The maximum absolute atomic E-state index is 13.2. The second kappa shape index (κ2) is 18.8. The Bertz CT molecular complexity index is 1070. The highest BCUT2D eigenvalue weighted by Crippen LogP contribution is 2.42. The van der Waals surface area contributed by atoms with E-state index in [2.05, 4.69) is 33.3 Å². The molecule has 7 unspecified atom stereocenters. The smallest absolute Gasteiger partial charge is 0.427 e. The molecule has 0 aromatic heterocycles. The van der Waals surface area contributed by atoms with Crippen molar-refractivity contribution in [2.75, 3.05) is 46.6 Å². The van der Waals surface area contributed by atoms with Crippen molar-refractivity contribution < 1.29 is 33.8 Å². The Hall–Kier alpha value is -1.36. The number of aliphatic imine (C=N–C) groups is 1. The minimum Gasteiger partial charge on any atom is -0.427 e. The van der Waals surface area contributed by atoms with Crippen molar-refractivity contribution >= 4 is 36.2 Å². The zero-order chi connectivity index (χ0) is 34.0. The van der Waals surface area contributed by atoms with Gasteiger partial charge in [0, 0.05) is 49.2 Å². The Balaban J connectivity index is 1.03. The molecule has 5 aliphatic rings. The Morgan fingerprint density at radius 3 is 2.40 bits per heavy atom. The molecule has 2 heterocycles. The summed E-state index contributed by atoms with van der Waals surface area (Å²) in [5.74, 6) is 0.191. The molecule has 272 valence electrons. The van der Waals surface area contributed by atoms with Crippen LogP contribution in [0.25, 0.3) is 0 Å². The van der Waals surface area contributed by atoms with Crippen LogP contribution in [0.1, 0.15) is 84.0 Å². The molecule has 0 aromatic carbocycles. The van der Waals surface area contributed by atoms with Gasteiger partial charge in [-0.2, -0.15) is 0 Å². The van der Waals surface area contributed by atoms with Crippen LogP contribution < -0.4 is 21.5 Å². The fourth-order valence-corrected chi connectivity index (χ4v) is 8.89. The van der Waals surface area contributed by atoms with E-state index in [0.717, 1.165) is 64.2 Å². The molecule has 8 atom stereocenters. The zero-order valence-electron chi connectivity index (χ0n) is 28.8. The van der Waals surface area contributed by atoms with E-state index in [9.17, 15) is 19.6 Å². The molecule has 3 aliphatic carbocycles. The van der Waals surface area contributed by atoms with Gasteiger partial charge < -0.3 is 34.9 Å². The first-order valence-corrected chi connectivity index (χ1v) is 18.8. The van der Waals surface area contributed by atoms with Crippen molar-refractivity contribution in [1.29, 1.82) is 0 Å². The summed E-state index contributed by atoms with van der Waals surface area (Å²) in [4.78, 5) is 33.6. The van der Waals surface area contributed by atoms with Gasteiger partial charge in [-0.1, -0.05) is 12.8 Å². The first-order chi connectivity index (χ1) is 23.2. The number of amides is 2. The van der Waals surface area contributed by atoms with Crippen LogP contribution in [-0.4, -0.2) is 122 Å². The standard InChI is InChI=1S/C33H58BClN6O7/c1-21-39-40-32-28(38-31(22-6-8-25(35)9-7-22)27-19-26(46-2)10-11-29(27)41(21)32)20-30(42)36-12-14-47-16-17-48-15-13-37-33(43)23-4-3-5-24(18-23)34(44)45/h21-29,32,39-40,44-45H,3-20H2,1-2H3,(H,36,42)(H,37,43)/t21?,22?,23?,24?,25?,26?,27?,28-,29?,32?/m0/s1. The van der Waals surface area contributed by atoms with Crippen LogP contribution >= 0.6 is 11.6 Å². The average Bonchev–Trinajstić information content (AvgIpc) is 3.42. The molecule has 6 N–H and O–H groups in total. The van der Waals surface area contributed by atoms with Crippen LogP contribution in [0, 0.1) is 17.8 Å². The molecule has 2 aliphatic heterocycles. The van der Waals surface area contributed by atoms with E-state index < -0.39 is 7.12 Å². The lowest BCUT2D eigenvalue weighted by Gasteiger charge is -2.44. The van der Waals surface area contributed by atoms with Gasteiger partial charge in [0.15, 0.2) is 0 Å². The average molecular weight is 697 g/mol. The molecule has 2 amide bonds. The molecule has 0 aromatic rings. The molecule has 0 spiro atoms. The number of carbonyl (C=O) groups excluding carboxylic acids is 2. The van der Waals surface area contributed by atoms with Crippen molar-refractivity contribution in [2.24, 2.45) is 22.7 Å². The molecule has 3 saturated carbocycles. The molecule has 0 radical (unpaired) electrons. The molecule has 48 heavy (non-hydrogen) atoms. The number of methoxy groups -OCH3 is 1. The maximum Gasteiger partial charge on any atom is 0.454 e. The van der Waals surface area contributed by atoms with Crippen LogP contribution in [-0.2, 0) is 23.8 Å². The van der Waals surface area contributed by atoms with Gasteiger partial charge in [0.25, 0.3) is 0 Å². The quantitative estimate of drug-likeness (QED) is 0.0841. The molecule has 5 rings (SSSR count).